The monoisotopic (exact) mass is 560 g/mol. The number of allylic oxidation sites excluding steroid dienone is 2. The molecule has 1 heterocycles. The van der Waals surface area contributed by atoms with Crippen LogP contribution in [-0.4, -0.2) is 15.5 Å². The molecule has 4 rings (SSSR count). The van der Waals surface area contributed by atoms with Gasteiger partial charge in [-0.1, -0.05) is 30.3 Å². The largest absolute Gasteiger partial charge is 0.512 e. The minimum atomic E-state index is -0.125. The second-order valence-corrected chi connectivity index (χ2v) is 6.33. The molecule has 29 heavy (non-hydrogen) atoms. The van der Waals surface area contributed by atoms with E-state index >= 15 is 0 Å². The number of carbonyl (C=O) groups excluding carboxylic acids is 1. The number of hydrogen-bond donors (Lipinski definition) is 1. The van der Waals surface area contributed by atoms with Crippen LogP contribution in [0.1, 0.15) is 13.8 Å². The van der Waals surface area contributed by atoms with Crippen LogP contribution in [0.5, 0.6) is 0 Å². The Bertz CT molecular complexity index is 1100. The molecule has 0 aliphatic carbocycles. The minimum absolute atomic E-state index is 0. The van der Waals surface area contributed by atoms with Crippen LogP contribution in [0.2, 0.25) is 0 Å². The maximum absolute atomic E-state index is 10.0. The summed E-state index contributed by atoms with van der Waals surface area (Å²) in [5, 5.41) is 9.48. The molecule has 0 spiro atoms. The van der Waals surface area contributed by atoms with E-state index < -0.39 is 0 Å². The molecule has 4 aromatic rings. The van der Waals surface area contributed by atoms with Crippen LogP contribution in [0.15, 0.2) is 90.7 Å². The minimum Gasteiger partial charge on any atom is -0.512 e. The summed E-state index contributed by atoms with van der Waals surface area (Å²) in [5.41, 5.74) is 4.40. The van der Waals surface area contributed by atoms with Crippen molar-refractivity contribution in [2.45, 2.75) is 13.8 Å². The zero-order valence-corrected chi connectivity index (χ0v) is 18.6. The van der Waals surface area contributed by atoms with Crippen LogP contribution in [0, 0.1) is 12.1 Å². The third-order valence-electron chi connectivity index (χ3n) is 4.01. The average Bonchev–Trinajstić information content (AvgIpc) is 3.08. The fourth-order valence-electron chi connectivity index (χ4n) is 2.95. The molecule has 1 radical (unpaired) electrons. The summed E-state index contributed by atoms with van der Waals surface area (Å²) in [6.45, 7) is 2.85. The molecule has 0 fully saturated rings. The molecule has 0 saturated heterocycles. The normalized spacial score (nSPS) is 10.6. The third-order valence-corrected chi connectivity index (χ3v) is 4.01. The Morgan fingerprint density at radius 2 is 1.59 bits per heavy atom. The summed E-state index contributed by atoms with van der Waals surface area (Å²) in [6.07, 6.45) is 1.17. The van der Waals surface area contributed by atoms with Crippen molar-refractivity contribution in [2.75, 3.05) is 0 Å². The van der Waals surface area contributed by atoms with E-state index in [0.717, 1.165) is 27.8 Å². The summed E-state index contributed by atoms with van der Waals surface area (Å²) in [4.78, 5) is 10.0. The number of aliphatic hydroxyl groups is 1. The van der Waals surface area contributed by atoms with Gasteiger partial charge in [-0.15, -0.1) is 29.3 Å². The molecule has 0 unspecified atom stereocenters. The van der Waals surface area contributed by atoms with Gasteiger partial charge in [-0.2, -0.15) is 30.3 Å². The smallest absolute Gasteiger partial charge is 0.155 e. The number of rotatable bonds is 3. The zero-order chi connectivity index (χ0) is 19.9. The SMILES string of the molecule is CC(=O)C=C(C)O.[Ir].[c-]1ccccc1-c1[c-]c2ccccc2n1-c1ccccc1. The molecular weight excluding hydrogens is 538 g/mol. The van der Waals surface area contributed by atoms with Crippen molar-refractivity contribution >= 4 is 16.7 Å². The quantitative estimate of drug-likeness (QED) is 0.192. The van der Waals surface area contributed by atoms with Crippen LogP contribution in [0.3, 0.4) is 0 Å². The second kappa shape index (κ2) is 10.6. The van der Waals surface area contributed by atoms with Crippen molar-refractivity contribution in [1.82, 2.24) is 4.57 Å². The van der Waals surface area contributed by atoms with Gasteiger partial charge in [-0.3, -0.25) is 4.79 Å². The van der Waals surface area contributed by atoms with E-state index in [1.807, 2.05) is 30.3 Å². The summed E-state index contributed by atoms with van der Waals surface area (Å²) >= 11 is 0. The van der Waals surface area contributed by atoms with Crippen molar-refractivity contribution in [2.24, 2.45) is 0 Å². The van der Waals surface area contributed by atoms with Gasteiger partial charge in [0.1, 0.15) is 0 Å². The number of benzene rings is 3. The molecule has 0 saturated carbocycles. The first-order chi connectivity index (χ1) is 13.6. The fraction of sp³-hybridized carbons (Fsp3) is 0.0800. The molecule has 3 nitrogen and oxygen atoms in total. The maximum atomic E-state index is 10.0. The van der Waals surface area contributed by atoms with Crippen LogP contribution in [-0.2, 0) is 24.9 Å². The second-order valence-electron chi connectivity index (χ2n) is 6.33. The number of hydrogen-bond acceptors (Lipinski definition) is 2. The van der Waals surface area contributed by atoms with E-state index in [-0.39, 0.29) is 31.6 Å². The molecular formula is C25H21IrNO2-2. The number of aromatic nitrogens is 1. The van der Waals surface area contributed by atoms with Gasteiger partial charge in [0.2, 0.25) is 0 Å². The van der Waals surface area contributed by atoms with Crippen molar-refractivity contribution in [3.63, 3.8) is 0 Å². The Kier molecular flexibility index (Phi) is 8.14. The van der Waals surface area contributed by atoms with Gasteiger partial charge in [-0.25, -0.2) is 5.56 Å². The van der Waals surface area contributed by atoms with Gasteiger partial charge in [0.25, 0.3) is 0 Å². The summed E-state index contributed by atoms with van der Waals surface area (Å²) < 4.78 is 2.24. The molecule has 0 amide bonds. The molecule has 1 N–H and O–H groups in total. The Morgan fingerprint density at radius 1 is 0.931 bits per heavy atom. The van der Waals surface area contributed by atoms with Crippen molar-refractivity contribution < 1.29 is 30.0 Å². The number of aliphatic hydroxyl groups excluding tert-OH is 1. The zero-order valence-electron chi connectivity index (χ0n) is 16.2. The number of para-hydroxylation sites is 2. The topological polar surface area (TPSA) is 42.2 Å². The third kappa shape index (κ3) is 5.77. The number of fused-ring (bicyclic) bond motifs is 1. The first kappa shape index (κ1) is 22.3. The van der Waals surface area contributed by atoms with E-state index in [2.05, 4.69) is 65.2 Å². The first-order valence-electron chi connectivity index (χ1n) is 8.99. The molecule has 0 atom stereocenters. The van der Waals surface area contributed by atoms with Gasteiger partial charge < -0.3 is 9.67 Å². The predicted molar refractivity (Wildman–Crippen MR) is 113 cm³/mol. The molecule has 3 aromatic carbocycles. The summed E-state index contributed by atoms with van der Waals surface area (Å²) in [7, 11) is 0. The van der Waals surface area contributed by atoms with Gasteiger partial charge in [0.15, 0.2) is 5.78 Å². The molecule has 0 bridgehead atoms. The molecule has 149 valence electrons. The fourth-order valence-corrected chi connectivity index (χ4v) is 2.95. The van der Waals surface area contributed by atoms with Crippen LogP contribution in [0.4, 0.5) is 0 Å². The van der Waals surface area contributed by atoms with Crippen LogP contribution in [0.25, 0.3) is 27.8 Å². The maximum Gasteiger partial charge on any atom is 0.155 e. The Hall–Kier alpha value is -2.94. The summed E-state index contributed by atoms with van der Waals surface area (Å²) in [6, 6.07) is 33.6. The first-order valence-corrected chi connectivity index (χ1v) is 8.99. The number of nitrogens with zero attached hydrogens (tertiary/aromatic N) is 1. The molecule has 0 aliphatic heterocycles. The van der Waals surface area contributed by atoms with Crippen molar-refractivity contribution in [3.8, 4) is 16.9 Å². The van der Waals surface area contributed by atoms with E-state index in [4.69, 9.17) is 5.11 Å². The van der Waals surface area contributed by atoms with Gasteiger partial charge >= 0.3 is 0 Å². The van der Waals surface area contributed by atoms with Crippen LogP contribution < -0.4 is 0 Å². The van der Waals surface area contributed by atoms with E-state index in [9.17, 15) is 4.79 Å². The average molecular weight is 560 g/mol. The van der Waals surface area contributed by atoms with E-state index in [1.54, 1.807) is 0 Å². The van der Waals surface area contributed by atoms with Crippen molar-refractivity contribution in [1.29, 1.82) is 0 Å². The van der Waals surface area contributed by atoms with E-state index in [1.165, 1.54) is 19.9 Å². The summed E-state index contributed by atoms with van der Waals surface area (Å²) in [5.74, 6) is -0.0625. The Morgan fingerprint density at radius 3 is 2.17 bits per heavy atom. The van der Waals surface area contributed by atoms with Gasteiger partial charge in [-0.05, 0) is 31.5 Å². The van der Waals surface area contributed by atoms with Crippen molar-refractivity contribution in [3.05, 3.63) is 103 Å². The standard InChI is InChI=1S/C20H13N.C5H8O2.Ir/c1-3-9-16(10-4-1)20-15-17-11-7-8-14-19(17)21(20)18-12-5-2-6-13-18;1-4(6)3-5(2)7;/h1-9,11-14H;3,6H,1-2H3;/q-2;;. The predicted octanol–water partition coefficient (Wildman–Crippen LogP) is 5.93. The molecule has 0 aliphatic rings. The number of carbonyl (C=O) groups is 1. The Balaban J connectivity index is 0.000000327. The van der Waals surface area contributed by atoms with Crippen LogP contribution >= 0.6 is 0 Å². The Labute approximate surface area is 184 Å². The molecule has 1 aromatic heterocycles. The number of ketones is 1. The van der Waals surface area contributed by atoms with Gasteiger partial charge in [0, 0.05) is 31.9 Å². The van der Waals surface area contributed by atoms with E-state index in [0.29, 0.717) is 0 Å². The molecule has 4 heteroatoms. The van der Waals surface area contributed by atoms with Gasteiger partial charge in [0.05, 0.1) is 5.76 Å².